The lowest BCUT2D eigenvalue weighted by Gasteiger charge is -2.06. The molecule has 0 aliphatic rings. The van der Waals surface area contributed by atoms with Crippen molar-refractivity contribution < 1.29 is 9.59 Å². The van der Waals surface area contributed by atoms with E-state index >= 15 is 0 Å². The number of hydrogen-bond acceptors (Lipinski definition) is 4. The largest absolute Gasteiger partial charge is 0.355 e. The number of aryl methyl sites for hydroxylation is 1. The van der Waals surface area contributed by atoms with Crippen LogP contribution in [-0.4, -0.2) is 24.6 Å². The first-order chi connectivity index (χ1) is 11.0. The van der Waals surface area contributed by atoms with E-state index in [9.17, 15) is 9.59 Å². The quantitative estimate of drug-likeness (QED) is 0.839. The third-order valence-electron chi connectivity index (χ3n) is 3.44. The molecule has 0 spiro atoms. The van der Waals surface area contributed by atoms with Gasteiger partial charge in [0.15, 0.2) is 0 Å². The third-order valence-corrected chi connectivity index (χ3v) is 5.56. The number of nitrogens with one attached hydrogen (secondary N) is 2. The average molecular weight is 348 g/mol. The predicted octanol–water partition coefficient (Wildman–Crippen LogP) is 3.60. The summed E-state index contributed by atoms with van der Waals surface area (Å²) in [7, 11) is 1.59. The Labute approximate surface area is 144 Å². The fourth-order valence-corrected chi connectivity index (χ4v) is 3.97. The van der Waals surface area contributed by atoms with E-state index in [2.05, 4.69) is 10.6 Å². The zero-order chi connectivity index (χ0) is 16.8. The van der Waals surface area contributed by atoms with Crippen LogP contribution in [0, 0.1) is 13.8 Å². The normalized spacial score (nSPS) is 10.4. The van der Waals surface area contributed by atoms with Crippen molar-refractivity contribution in [1.29, 1.82) is 0 Å². The summed E-state index contributed by atoms with van der Waals surface area (Å²) in [6, 6.07) is 10.0. The van der Waals surface area contributed by atoms with Gasteiger partial charge in [-0.15, -0.1) is 23.1 Å². The van der Waals surface area contributed by atoms with Crippen molar-refractivity contribution in [2.45, 2.75) is 19.6 Å². The van der Waals surface area contributed by atoms with Crippen molar-refractivity contribution in [2.75, 3.05) is 18.1 Å². The summed E-state index contributed by atoms with van der Waals surface area (Å²) in [5.74, 6) is 0.897. The molecule has 0 aliphatic heterocycles. The molecule has 1 aromatic carbocycles. The standard InChI is InChI=1S/C17H20N2O2S2/c1-11-12(2)23-17(15(11)16(21)18-3)19-14(20)10-22-9-13-7-5-4-6-8-13/h4-8H,9-10H2,1-3H3,(H,18,21)(H,19,20). The van der Waals surface area contributed by atoms with E-state index in [0.29, 0.717) is 16.3 Å². The molecular weight excluding hydrogens is 328 g/mol. The number of benzene rings is 1. The lowest BCUT2D eigenvalue weighted by Crippen LogP contribution is -2.21. The Morgan fingerprint density at radius 2 is 1.87 bits per heavy atom. The number of amides is 2. The molecule has 2 amide bonds. The van der Waals surface area contributed by atoms with Crippen LogP contribution in [0.5, 0.6) is 0 Å². The summed E-state index contributed by atoms with van der Waals surface area (Å²) in [5, 5.41) is 6.13. The molecule has 0 saturated carbocycles. The number of carbonyl (C=O) groups excluding carboxylic acids is 2. The van der Waals surface area contributed by atoms with Crippen LogP contribution in [0.4, 0.5) is 5.00 Å². The SMILES string of the molecule is CNC(=O)c1c(NC(=O)CSCc2ccccc2)sc(C)c1C. The highest BCUT2D eigenvalue weighted by atomic mass is 32.2. The summed E-state index contributed by atoms with van der Waals surface area (Å²) >= 11 is 3.00. The minimum absolute atomic E-state index is 0.0858. The highest BCUT2D eigenvalue weighted by Crippen LogP contribution is 2.32. The van der Waals surface area contributed by atoms with Gasteiger partial charge in [-0.05, 0) is 25.0 Å². The molecule has 23 heavy (non-hydrogen) atoms. The van der Waals surface area contributed by atoms with Crippen molar-refractivity contribution in [3.8, 4) is 0 Å². The molecule has 0 fully saturated rings. The van der Waals surface area contributed by atoms with Crippen LogP contribution in [-0.2, 0) is 10.5 Å². The molecule has 1 heterocycles. The van der Waals surface area contributed by atoms with Gasteiger partial charge in [0.1, 0.15) is 5.00 Å². The first kappa shape index (κ1) is 17.6. The molecule has 0 unspecified atom stereocenters. The van der Waals surface area contributed by atoms with Gasteiger partial charge in [-0.1, -0.05) is 30.3 Å². The Bertz CT molecular complexity index is 696. The molecular formula is C17H20N2O2S2. The van der Waals surface area contributed by atoms with Crippen molar-refractivity contribution in [1.82, 2.24) is 5.32 Å². The first-order valence-corrected chi connectivity index (χ1v) is 9.23. The minimum atomic E-state index is -0.168. The van der Waals surface area contributed by atoms with Crippen LogP contribution in [0.15, 0.2) is 30.3 Å². The zero-order valence-corrected chi connectivity index (χ0v) is 15.1. The molecule has 0 aliphatic carbocycles. The lowest BCUT2D eigenvalue weighted by atomic mass is 10.1. The van der Waals surface area contributed by atoms with Crippen molar-refractivity contribution in [2.24, 2.45) is 0 Å². The van der Waals surface area contributed by atoms with E-state index in [1.54, 1.807) is 18.8 Å². The van der Waals surface area contributed by atoms with Gasteiger partial charge in [0.2, 0.25) is 5.91 Å². The molecule has 4 nitrogen and oxygen atoms in total. The zero-order valence-electron chi connectivity index (χ0n) is 13.4. The summed E-state index contributed by atoms with van der Waals surface area (Å²) in [4.78, 5) is 25.2. The highest BCUT2D eigenvalue weighted by molar-refractivity contribution is 7.99. The Hall–Kier alpha value is -1.79. The minimum Gasteiger partial charge on any atom is -0.355 e. The van der Waals surface area contributed by atoms with Gasteiger partial charge in [-0.25, -0.2) is 0 Å². The molecule has 0 atom stereocenters. The number of hydrogen-bond donors (Lipinski definition) is 2. The number of thioether (sulfide) groups is 1. The number of anilines is 1. The van der Waals surface area contributed by atoms with Gasteiger partial charge in [-0.3, -0.25) is 9.59 Å². The fraction of sp³-hybridized carbons (Fsp3) is 0.294. The van der Waals surface area contributed by atoms with E-state index in [1.165, 1.54) is 16.9 Å². The van der Waals surface area contributed by atoms with Gasteiger partial charge in [0.05, 0.1) is 11.3 Å². The van der Waals surface area contributed by atoms with Crippen LogP contribution in [0.2, 0.25) is 0 Å². The summed E-state index contributed by atoms with van der Waals surface area (Å²) < 4.78 is 0. The molecule has 6 heteroatoms. The second-order valence-corrected chi connectivity index (χ2v) is 7.30. The van der Waals surface area contributed by atoms with Gasteiger partial charge in [0.25, 0.3) is 5.91 Å². The Morgan fingerprint density at radius 1 is 1.17 bits per heavy atom. The first-order valence-electron chi connectivity index (χ1n) is 7.26. The molecule has 0 bridgehead atoms. The Balaban J connectivity index is 1.95. The molecule has 2 rings (SSSR count). The molecule has 2 N–H and O–H groups in total. The molecule has 2 aromatic rings. The van der Waals surface area contributed by atoms with Crippen LogP contribution in [0.3, 0.4) is 0 Å². The van der Waals surface area contributed by atoms with E-state index in [4.69, 9.17) is 0 Å². The van der Waals surface area contributed by atoms with E-state index < -0.39 is 0 Å². The van der Waals surface area contributed by atoms with Gasteiger partial charge in [-0.2, -0.15) is 0 Å². The smallest absolute Gasteiger partial charge is 0.254 e. The highest BCUT2D eigenvalue weighted by Gasteiger charge is 2.19. The maximum Gasteiger partial charge on any atom is 0.254 e. The number of rotatable bonds is 6. The van der Waals surface area contributed by atoms with E-state index in [1.807, 2.05) is 44.2 Å². The lowest BCUT2D eigenvalue weighted by molar-refractivity contribution is -0.113. The number of carbonyl (C=O) groups is 2. The monoisotopic (exact) mass is 348 g/mol. The number of thiophene rings is 1. The van der Waals surface area contributed by atoms with Gasteiger partial charge >= 0.3 is 0 Å². The van der Waals surface area contributed by atoms with Crippen molar-refractivity contribution >= 4 is 39.9 Å². The van der Waals surface area contributed by atoms with Crippen molar-refractivity contribution in [3.63, 3.8) is 0 Å². The molecule has 0 saturated heterocycles. The van der Waals surface area contributed by atoms with Crippen LogP contribution >= 0.6 is 23.1 Å². The Kier molecular flexibility index (Phi) is 6.24. The summed E-state index contributed by atoms with van der Waals surface area (Å²) in [5.41, 5.74) is 2.68. The van der Waals surface area contributed by atoms with E-state index in [0.717, 1.165) is 16.2 Å². The summed E-state index contributed by atoms with van der Waals surface area (Å²) in [6.07, 6.45) is 0. The fourth-order valence-electron chi connectivity index (χ4n) is 2.11. The maximum absolute atomic E-state index is 12.1. The average Bonchev–Trinajstić information content (AvgIpc) is 2.82. The second kappa shape index (κ2) is 8.17. The molecule has 122 valence electrons. The van der Waals surface area contributed by atoms with Gasteiger partial charge < -0.3 is 10.6 Å². The molecule has 0 radical (unpaired) electrons. The van der Waals surface area contributed by atoms with Gasteiger partial charge in [0, 0.05) is 17.7 Å². The third kappa shape index (κ3) is 4.59. The van der Waals surface area contributed by atoms with Crippen LogP contribution in [0.1, 0.15) is 26.4 Å². The summed E-state index contributed by atoms with van der Waals surface area (Å²) in [6.45, 7) is 3.85. The topological polar surface area (TPSA) is 58.2 Å². The second-order valence-electron chi connectivity index (χ2n) is 5.09. The Morgan fingerprint density at radius 3 is 2.52 bits per heavy atom. The van der Waals surface area contributed by atoms with E-state index in [-0.39, 0.29) is 11.8 Å². The van der Waals surface area contributed by atoms with Crippen molar-refractivity contribution in [3.05, 3.63) is 51.9 Å². The predicted molar refractivity (Wildman–Crippen MR) is 98.4 cm³/mol. The molecule has 1 aromatic heterocycles. The van der Waals surface area contributed by atoms with Crippen LogP contribution < -0.4 is 10.6 Å². The maximum atomic E-state index is 12.1. The van der Waals surface area contributed by atoms with Crippen LogP contribution in [0.25, 0.3) is 0 Å².